The molecule has 1 aliphatic heterocycles. The minimum Gasteiger partial charge on any atom is -0.360 e. The minimum absolute atomic E-state index is 0.333. The van der Waals surface area contributed by atoms with E-state index in [2.05, 4.69) is 27.9 Å². The molecular formula is C21H25N3O2S. The number of sulfone groups is 1. The Morgan fingerprint density at radius 1 is 0.963 bits per heavy atom. The fraction of sp³-hybridized carbons (Fsp3) is 0.333. The minimum atomic E-state index is -3.55. The molecule has 1 aromatic heterocycles. The fourth-order valence-corrected chi connectivity index (χ4v) is 5.22. The van der Waals surface area contributed by atoms with Crippen molar-refractivity contribution in [1.82, 2.24) is 14.8 Å². The highest BCUT2D eigenvalue weighted by Gasteiger charge is 2.23. The van der Waals surface area contributed by atoms with Crippen LogP contribution in [0.5, 0.6) is 0 Å². The summed E-state index contributed by atoms with van der Waals surface area (Å²) in [5.74, 6) is 0. The van der Waals surface area contributed by atoms with Crippen molar-refractivity contribution >= 4 is 20.7 Å². The zero-order valence-electron chi connectivity index (χ0n) is 15.6. The number of rotatable bonds is 5. The maximum Gasteiger partial charge on any atom is 0.208 e. The first-order chi connectivity index (χ1) is 13.1. The van der Waals surface area contributed by atoms with Crippen molar-refractivity contribution in [2.75, 3.05) is 39.8 Å². The molecule has 0 bridgehead atoms. The van der Waals surface area contributed by atoms with Crippen molar-refractivity contribution < 1.29 is 8.42 Å². The number of hydrogen-bond donors (Lipinski definition) is 1. The Bertz CT molecular complexity index is 1020. The molecule has 0 aliphatic carbocycles. The summed E-state index contributed by atoms with van der Waals surface area (Å²) in [5, 5.41) is 0.829. The van der Waals surface area contributed by atoms with Gasteiger partial charge in [-0.2, -0.15) is 0 Å². The SMILES string of the molecule is CN1CCN(CCc2cccc3[nH]cc(S(=O)(=O)c4ccccc4)c23)CC1. The van der Waals surface area contributed by atoms with Crippen LogP contribution >= 0.6 is 0 Å². The van der Waals surface area contributed by atoms with Crippen LogP contribution in [0.1, 0.15) is 5.56 Å². The first-order valence-corrected chi connectivity index (χ1v) is 10.8. The maximum atomic E-state index is 13.2. The number of aromatic nitrogens is 1. The highest BCUT2D eigenvalue weighted by atomic mass is 32.2. The number of aromatic amines is 1. The third kappa shape index (κ3) is 3.65. The van der Waals surface area contributed by atoms with Crippen LogP contribution in [0.15, 0.2) is 64.5 Å². The molecule has 0 unspecified atom stereocenters. The zero-order valence-corrected chi connectivity index (χ0v) is 16.4. The lowest BCUT2D eigenvalue weighted by molar-refractivity contribution is 0.155. The van der Waals surface area contributed by atoms with E-state index in [1.165, 1.54) is 0 Å². The lowest BCUT2D eigenvalue weighted by atomic mass is 10.1. The van der Waals surface area contributed by atoms with Crippen LogP contribution in [0.3, 0.4) is 0 Å². The number of likely N-dealkylation sites (N-methyl/N-ethyl adjacent to an activating group) is 1. The molecule has 0 spiro atoms. The average molecular weight is 384 g/mol. The number of nitrogens with zero attached hydrogens (tertiary/aromatic N) is 2. The monoisotopic (exact) mass is 383 g/mol. The van der Waals surface area contributed by atoms with Crippen molar-refractivity contribution in [3.05, 3.63) is 60.3 Å². The zero-order chi connectivity index (χ0) is 18.9. The van der Waals surface area contributed by atoms with E-state index in [4.69, 9.17) is 0 Å². The van der Waals surface area contributed by atoms with E-state index < -0.39 is 9.84 Å². The molecule has 0 amide bonds. The topological polar surface area (TPSA) is 56.4 Å². The van der Waals surface area contributed by atoms with E-state index in [9.17, 15) is 8.42 Å². The summed E-state index contributed by atoms with van der Waals surface area (Å²) in [7, 11) is -1.40. The lowest BCUT2D eigenvalue weighted by Gasteiger charge is -2.32. The normalized spacial score (nSPS) is 16.8. The van der Waals surface area contributed by atoms with E-state index in [-0.39, 0.29) is 0 Å². The first kappa shape index (κ1) is 18.2. The molecule has 1 fully saturated rings. The summed E-state index contributed by atoms with van der Waals surface area (Å²) in [6, 6.07) is 14.6. The second-order valence-electron chi connectivity index (χ2n) is 7.20. The average Bonchev–Trinajstić information content (AvgIpc) is 3.14. The summed E-state index contributed by atoms with van der Waals surface area (Å²) in [4.78, 5) is 8.65. The van der Waals surface area contributed by atoms with Crippen LogP contribution in [0.4, 0.5) is 0 Å². The summed E-state index contributed by atoms with van der Waals surface area (Å²) >= 11 is 0. The Kier molecular flexibility index (Phi) is 5.04. The molecule has 0 atom stereocenters. The van der Waals surface area contributed by atoms with Crippen molar-refractivity contribution in [1.29, 1.82) is 0 Å². The molecule has 2 heterocycles. The first-order valence-electron chi connectivity index (χ1n) is 9.36. The molecule has 1 saturated heterocycles. The molecule has 4 rings (SSSR count). The van der Waals surface area contributed by atoms with Gasteiger partial charge >= 0.3 is 0 Å². The number of piperazine rings is 1. The Balaban J connectivity index is 1.66. The number of fused-ring (bicyclic) bond motifs is 1. The van der Waals surface area contributed by atoms with E-state index in [0.717, 1.165) is 55.6 Å². The molecule has 1 N–H and O–H groups in total. The highest BCUT2D eigenvalue weighted by molar-refractivity contribution is 7.91. The van der Waals surface area contributed by atoms with E-state index >= 15 is 0 Å². The smallest absolute Gasteiger partial charge is 0.208 e. The van der Waals surface area contributed by atoms with Crippen LogP contribution in [-0.4, -0.2) is 63.0 Å². The number of benzene rings is 2. The quantitative estimate of drug-likeness (QED) is 0.736. The van der Waals surface area contributed by atoms with Gasteiger partial charge in [0.05, 0.1) is 9.79 Å². The van der Waals surface area contributed by atoms with Crippen LogP contribution in [-0.2, 0) is 16.3 Å². The number of nitrogens with one attached hydrogen (secondary N) is 1. The van der Waals surface area contributed by atoms with Gasteiger partial charge in [-0.3, -0.25) is 0 Å². The molecule has 2 aromatic carbocycles. The van der Waals surface area contributed by atoms with Gasteiger partial charge in [0, 0.05) is 49.8 Å². The van der Waals surface area contributed by atoms with Gasteiger partial charge < -0.3 is 14.8 Å². The Labute approximate surface area is 160 Å². The van der Waals surface area contributed by atoms with Crippen LogP contribution in [0.2, 0.25) is 0 Å². The second kappa shape index (κ2) is 7.46. The molecule has 5 nitrogen and oxygen atoms in total. The number of H-pyrrole nitrogens is 1. The molecule has 6 heteroatoms. The Morgan fingerprint density at radius 3 is 2.44 bits per heavy atom. The summed E-state index contributed by atoms with van der Waals surface area (Å²) < 4.78 is 26.3. The summed E-state index contributed by atoms with van der Waals surface area (Å²) in [6.45, 7) is 5.25. The molecule has 0 saturated carbocycles. The van der Waals surface area contributed by atoms with Gasteiger partial charge in [-0.1, -0.05) is 30.3 Å². The molecular weight excluding hydrogens is 358 g/mol. The molecule has 1 aliphatic rings. The predicted octanol–water partition coefficient (Wildman–Crippen LogP) is 2.79. The molecule has 142 valence electrons. The lowest BCUT2D eigenvalue weighted by Crippen LogP contribution is -2.45. The largest absolute Gasteiger partial charge is 0.360 e. The standard InChI is InChI=1S/C21H25N3O2S/c1-23-12-14-24(15-13-23)11-10-17-6-5-9-19-21(17)20(16-22-19)27(25,26)18-7-3-2-4-8-18/h2-9,16,22H,10-15H2,1H3. The van der Waals surface area contributed by atoms with Crippen molar-refractivity contribution in [3.8, 4) is 0 Å². The van der Waals surface area contributed by atoms with Gasteiger partial charge in [0.15, 0.2) is 0 Å². The van der Waals surface area contributed by atoms with Gasteiger partial charge in [0.1, 0.15) is 0 Å². The van der Waals surface area contributed by atoms with Crippen LogP contribution in [0, 0.1) is 0 Å². The van der Waals surface area contributed by atoms with Gasteiger partial charge in [-0.05, 0) is 37.2 Å². The molecule has 27 heavy (non-hydrogen) atoms. The predicted molar refractivity (Wildman–Crippen MR) is 108 cm³/mol. The number of hydrogen-bond acceptors (Lipinski definition) is 4. The van der Waals surface area contributed by atoms with E-state index in [1.54, 1.807) is 30.5 Å². The molecule has 3 aromatic rings. The second-order valence-corrected chi connectivity index (χ2v) is 9.12. The van der Waals surface area contributed by atoms with Crippen molar-refractivity contribution in [2.24, 2.45) is 0 Å². The third-order valence-electron chi connectivity index (χ3n) is 5.39. The summed E-state index contributed by atoms with van der Waals surface area (Å²) in [5.41, 5.74) is 1.96. The van der Waals surface area contributed by atoms with E-state index in [0.29, 0.717) is 9.79 Å². The highest BCUT2D eigenvalue weighted by Crippen LogP contribution is 2.31. The van der Waals surface area contributed by atoms with E-state index in [1.807, 2.05) is 18.2 Å². The third-order valence-corrected chi connectivity index (χ3v) is 7.19. The van der Waals surface area contributed by atoms with Gasteiger partial charge in [-0.25, -0.2) is 8.42 Å². The fourth-order valence-electron chi connectivity index (χ4n) is 3.72. The Hall–Kier alpha value is -2.15. The van der Waals surface area contributed by atoms with Crippen LogP contribution < -0.4 is 0 Å². The van der Waals surface area contributed by atoms with Crippen LogP contribution in [0.25, 0.3) is 10.9 Å². The Morgan fingerprint density at radius 2 is 1.70 bits per heavy atom. The summed E-state index contributed by atoms with van der Waals surface area (Å²) in [6.07, 6.45) is 2.47. The van der Waals surface area contributed by atoms with Crippen molar-refractivity contribution in [3.63, 3.8) is 0 Å². The molecule has 0 radical (unpaired) electrons. The van der Waals surface area contributed by atoms with Gasteiger partial charge in [0.25, 0.3) is 0 Å². The van der Waals surface area contributed by atoms with Crippen molar-refractivity contribution in [2.45, 2.75) is 16.2 Å². The van der Waals surface area contributed by atoms with Gasteiger partial charge in [0.2, 0.25) is 9.84 Å². The maximum absolute atomic E-state index is 13.2. The van der Waals surface area contributed by atoms with Gasteiger partial charge in [-0.15, -0.1) is 0 Å².